The molecular weight excluding hydrogens is 383 g/mol. The zero-order valence-electron chi connectivity index (χ0n) is 9.36. The molecule has 0 aliphatic rings. The molecule has 0 aromatic heterocycles. The molecule has 2 aromatic carbocycles. The molecule has 0 atom stereocenters. The molecule has 0 aliphatic heterocycles. The molecule has 0 aliphatic carbocycles. The van der Waals surface area contributed by atoms with Gasteiger partial charge in [0, 0.05) is 15.0 Å². The number of nitro benzene ring substituents is 1. The van der Waals surface area contributed by atoms with Gasteiger partial charge >= 0.3 is 0 Å². The number of hydrogen-bond donors (Lipinski definition) is 1. The van der Waals surface area contributed by atoms with E-state index in [2.05, 4.69) is 37.2 Å². The Morgan fingerprint density at radius 2 is 1.84 bits per heavy atom. The molecule has 0 saturated heterocycles. The maximum absolute atomic E-state index is 13.2. The van der Waals surface area contributed by atoms with Crippen molar-refractivity contribution in [3.8, 4) is 0 Å². The van der Waals surface area contributed by atoms with Crippen molar-refractivity contribution < 1.29 is 9.31 Å². The molecule has 0 radical (unpaired) electrons. The van der Waals surface area contributed by atoms with Gasteiger partial charge in [-0.3, -0.25) is 10.1 Å². The first-order valence-corrected chi connectivity index (χ1v) is 6.72. The molecule has 7 heteroatoms. The second-order valence-electron chi connectivity index (χ2n) is 3.67. The highest BCUT2D eigenvalue weighted by molar-refractivity contribution is 9.10. The average Bonchev–Trinajstić information content (AvgIpc) is 2.35. The van der Waals surface area contributed by atoms with Crippen molar-refractivity contribution in [2.75, 3.05) is 5.32 Å². The van der Waals surface area contributed by atoms with E-state index in [0.717, 1.165) is 0 Å². The molecule has 0 amide bonds. The van der Waals surface area contributed by atoms with Crippen molar-refractivity contribution in [2.45, 2.75) is 0 Å². The lowest BCUT2D eigenvalue weighted by atomic mass is 10.2. The highest BCUT2D eigenvalue weighted by atomic mass is 79.9. The zero-order valence-corrected chi connectivity index (χ0v) is 12.5. The summed E-state index contributed by atoms with van der Waals surface area (Å²) >= 11 is 6.43. The Hall–Kier alpha value is -1.47. The van der Waals surface area contributed by atoms with Gasteiger partial charge in [0.1, 0.15) is 11.5 Å². The fraction of sp³-hybridized carbons (Fsp3) is 0. The molecule has 2 aromatic rings. The van der Waals surface area contributed by atoms with Gasteiger partial charge in [0.2, 0.25) is 0 Å². The van der Waals surface area contributed by atoms with Crippen molar-refractivity contribution in [3.05, 3.63) is 61.3 Å². The minimum Gasteiger partial charge on any atom is -0.349 e. The van der Waals surface area contributed by atoms with Gasteiger partial charge < -0.3 is 5.32 Å². The Morgan fingerprint density at radius 3 is 2.53 bits per heavy atom. The lowest BCUT2D eigenvalue weighted by molar-refractivity contribution is -0.384. The Morgan fingerprint density at radius 1 is 1.11 bits per heavy atom. The molecule has 0 heterocycles. The lowest BCUT2D eigenvalue weighted by Gasteiger charge is -2.09. The molecule has 98 valence electrons. The number of hydrogen-bond acceptors (Lipinski definition) is 3. The Kier molecular flexibility index (Phi) is 4.16. The number of benzene rings is 2. The van der Waals surface area contributed by atoms with Crippen LogP contribution >= 0.6 is 31.9 Å². The largest absolute Gasteiger partial charge is 0.349 e. The van der Waals surface area contributed by atoms with Crippen LogP contribution in [0.2, 0.25) is 0 Å². The zero-order chi connectivity index (χ0) is 14.0. The van der Waals surface area contributed by atoms with Crippen LogP contribution in [0.3, 0.4) is 0 Å². The SMILES string of the molecule is O=[N+]([O-])c1cc(Br)ccc1Nc1cc(F)ccc1Br. The van der Waals surface area contributed by atoms with Gasteiger partial charge in [-0.15, -0.1) is 0 Å². The van der Waals surface area contributed by atoms with Crippen LogP contribution in [0.15, 0.2) is 45.3 Å². The third-order valence-electron chi connectivity index (χ3n) is 2.35. The molecule has 0 bridgehead atoms. The van der Waals surface area contributed by atoms with Gasteiger partial charge in [-0.2, -0.15) is 0 Å². The summed E-state index contributed by atoms with van der Waals surface area (Å²) in [6, 6.07) is 8.70. The van der Waals surface area contributed by atoms with Crippen LogP contribution in [0.25, 0.3) is 0 Å². The number of nitrogens with one attached hydrogen (secondary N) is 1. The van der Waals surface area contributed by atoms with Crippen molar-refractivity contribution in [3.63, 3.8) is 0 Å². The van der Waals surface area contributed by atoms with Gasteiger partial charge in [0.15, 0.2) is 0 Å². The molecule has 0 unspecified atom stereocenters. The molecule has 0 saturated carbocycles. The quantitative estimate of drug-likeness (QED) is 0.593. The lowest BCUT2D eigenvalue weighted by Crippen LogP contribution is -1.98. The van der Waals surface area contributed by atoms with Crippen LogP contribution in [0.1, 0.15) is 0 Å². The number of rotatable bonds is 3. The standard InChI is InChI=1S/C12H7Br2FN2O2/c13-7-1-4-10(12(5-7)17(18)19)16-11-6-8(15)2-3-9(11)14/h1-6,16H. The van der Waals surface area contributed by atoms with E-state index in [4.69, 9.17) is 0 Å². The van der Waals surface area contributed by atoms with E-state index in [1.807, 2.05) is 0 Å². The summed E-state index contributed by atoms with van der Waals surface area (Å²) in [7, 11) is 0. The van der Waals surface area contributed by atoms with Gasteiger partial charge in [-0.1, -0.05) is 15.9 Å². The molecule has 1 N–H and O–H groups in total. The van der Waals surface area contributed by atoms with E-state index in [-0.39, 0.29) is 5.69 Å². The molecule has 4 nitrogen and oxygen atoms in total. The van der Waals surface area contributed by atoms with Gasteiger partial charge in [-0.05, 0) is 46.3 Å². The number of halogens is 3. The molecular formula is C12H7Br2FN2O2. The average molecular weight is 390 g/mol. The van der Waals surface area contributed by atoms with E-state index in [1.165, 1.54) is 24.3 Å². The molecule has 0 spiro atoms. The smallest absolute Gasteiger partial charge is 0.293 e. The minimum absolute atomic E-state index is 0.0921. The summed E-state index contributed by atoms with van der Waals surface area (Å²) in [5.41, 5.74) is 0.621. The van der Waals surface area contributed by atoms with Crippen LogP contribution in [0.5, 0.6) is 0 Å². The van der Waals surface area contributed by atoms with E-state index < -0.39 is 10.7 Å². The van der Waals surface area contributed by atoms with Crippen molar-refractivity contribution >= 4 is 48.9 Å². The predicted octanol–water partition coefficient (Wildman–Crippen LogP) is 5.00. The molecule has 2 rings (SSSR count). The maximum Gasteiger partial charge on any atom is 0.293 e. The van der Waals surface area contributed by atoms with E-state index in [0.29, 0.717) is 20.3 Å². The monoisotopic (exact) mass is 388 g/mol. The highest BCUT2D eigenvalue weighted by Gasteiger charge is 2.15. The van der Waals surface area contributed by atoms with Gasteiger partial charge in [0.05, 0.1) is 10.6 Å². The second-order valence-corrected chi connectivity index (χ2v) is 5.44. The highest BCUT2D eigenvalue weighted by Crippen LogP contribution is 2.33. The normalized spacial score (nSPS) is 10.3. The van der Waals surface area contributed by atoms with Crippen molar-refractivity contribution in [1.29, 1.82) is 0 Å². The topological polar surface area (TPSA) is 55.2 Å². The summed E-state index contributed by atoms with van der Waals surface area (Å²) in [6.45, 7) is 0. The minimum atomic E-state index is -0.500. The first-order valence-electron chi connectivity index (χ1n) is 5.13. The van der Waals surface area contributed by atoms with Crippen molar-refractivity contribution in [1.82, 2.24) is 0 Å². The third kappa shape index (κ3) is 3.30. The van der Waals surface area contributed by atoms with Gasteiger partial charge in [0.25, 0.3) is 5.69 Å². The summed E-state index contributed by atoms with van der Waals surface area (Å²) in [6.07, 6.45) is 0. The number of anilines is 2. The summed E-state index contributed by atoms with van der Waals surface area (Å²) < 4.78 is 14.4. The Labute approximate surface area is 125 Å². The van der Waals surface area contributed by atoms with Crippen LogP contribution in [-0.4, -0.2) is 4.92 Å². The molecule has 19 heavy (non-hydrogen) atoms. The summed E-state index contributed by atoms with van der Waals surface area (Å²) in [5.74, 6) is -0.425. The van der Waals surface area contributed by atoms with Crippen LogP contribution in [0, 0.1) is 15.9 Å². The second kappa shape index (κ2) is 5.66. The maximum atomic E-state index is 13.2. The van der Waals surface area contributed by atoms with Crippen LogP contribution in [-0.2, 0) is 0 Å². The van der Waals surface area contributed by atoms with Crippen LogP contribution in [0.4, 0.5) is 21.5 Å². The van der Waals surface area contributed by atoms with Crippen molar-refractivity contribution in [2.24, 2.45) is 0 Å². The first kappa shape index (κ1) is 14.0. The van der Waals surface area contributed by atoms with E-state index in [9.17, 15) is 14.5 Å². The van der Waals surface area contributed by atoms with E-state index in [1.54, 1.807) is 12.1 Å². The number of nitro groups is 1. The predicted molar refractivity (Wildman–Crippen MR) is 78.2 cm³/mol. The summed E-state index contributed by atoms with van der Waals surface area (Å²) in [5, 5.41) is 13.8. The van der Waals surface area contributed by atoms with Gasteiger partial charge in [-0.25, -0.2) is 4.39 Å². The first-order chi connectivity index (χ1) is 8.97. The van der Waals surface area contributed by atoms with Crippen LogP contribution < -0.4 is 5.32 Å². The fourth-order valence-corrected chi connectivity index (χ4v) is 2.19. The molecule has 0 fully saturated rings. The fourth-order valence-electron chi connectivity index (χ4n) is 1.50. The summed E-state index contributed by atoms with van der Waals surface area (Å²) in [4.78, 5) is 10.5. The number of nitrogens with zero attached hydrogens (tertiary/aromatic N) is 1. The Bertz CT molecular complexity index is 650. The van der Waals surface area contributed by atoms with E-state index >= 15 is 0 Å². The Balaban J connectivity index is 2.43. The third-order valence-corrected chi connectivity index (χ3v) is 3.54.